The quantitative estimate of drug-likeness (QED) is 0.704. The van der Waals surface area contributed by atoms with Crippen LogP contribution in [0.1, 0.15) is 10.4 Å². The molecule has 0 fully saturated rings. The number of carbonyl (C=O) groups excluding carboxylic acids is 2. The summed E-state index contributed by atoms with van der Waals surface area (Å²) in [5.74, 6) is -5.55. The standard InChI is InChI=1S/C14H8F3N3O4S/c15-8-4-7(5-9(16)12(8)17)18-13(21)6-1-2-10-11(3-6)25(23,24)20-14(22)19-10/h1-5H,(H,18,21)(H2,19,20,22). The number of hydrogen-bond donors (Lipinski definition) is 3. The van der Waals surface area contributed by atoms with E-state index in [0.29, 0.717) is 12.1 Å². The summed E-state index contributed by atoms with van der Waals surface area (Å²) in [6.07, 6.45) is 0. The monoisotopic (exact) mass is 371 g/mol. The maximum Gasteiger partial charge on any atom is 0.333 e. The van der Waals surface area contributed by atoms with Gasteiger partial charge in [-0.05, 0) is 18.2 Å². The number of carbonyl (C=O) groups is 2. The summed E-state index contributed by atoms with van der Waals surface area (Å²) in [6, 6.07) is 3.57. The number of fused-ring (bicyclic) bond motifs is 1. The summed E-state index contributed by atoms with van der Waals surface area (Å²) in [5.41, 5.74) is -0.544. The summed E-state index contributed by atoms with van der Waals surface area (Å²) >= 11 is 0. The third kappa shape index (κ3) is 3.13. The highest BCUT2D eigenvalue weighted by atomic mass is 32.2. The van der Waals surface area contributed by atoms with Gasteiger partial charge in [0.15, 0.2) is 17.5 Å². The van der Waals surface area contributed by atoms with E-state index in [-0.39, 0.29) is 21.8 Å². The molecule has 2 aromatic carbocycles. The van der Waals surface area contributed by atoms with Crippen LogP contribution in [0, 0.1) is 17.5 Å². The zero-order chi connectivity index (χ0) is 18.4. The predicted molar refractivity (Wildman–Crippen MR) is 80.1 cm³/mol. The van der Waals surface area contributed by atoms with Crippen molar-refractivity contribution >= 4 is 33.3 Å². The fourth-order valence-corrected chi connectivity index (χ4v) is 3.24. The van der Waals surface area contributed by atoms with Gasteiger partial charge < -0.3 is 10.6 Å². The molecule has 1 aliphatic rings. The number of benzene rings is 2. The van der Waals surface area contributed by atoms with Crippen molar-refractivity contribution in [1.82, 2.24) is 4.72 Å². The second-order valence-corrected chi connectivity index (χ2v) is 6.63. The Bertz CT molecular complexity index is 1000. The zero-order valence-electron chi connectivity index (χ0n) is 12.1. The molecule has 0 atom stereocenters. The first-order valence-corrected chi connectivity index (χ1v) is 8.09. The summed E-state index contributed by atoms with van der Waals surface area (Å²) in [6.45, 7) is 0. The molecule has 0 unspecified atom stereocenters. The molecule has 0 bridgehead atoms. The minimum Gasteiger partial charge on any atom is -0.322 e. The molecule has 0 aromatic heterocycles. The molecular formula is C14H8F3N3O4S. The van der Waals surface area contributed by atoms with Crippen molar-refractivity contribution in [3.63, 3.8) is 0 Å². The molecule has 0 aliphatic carbocycles. The van der Waals surface area contributed by atoms with E-state index in [1.165, 1.54) is 12.1 Å². The minimum absolute atomic E-state index is 0.0285. The van der Waals surface area contributed by atoms with Gasteiger partial charge >= 0.3 is 6.03 Å². The molecule has 3 N–H and O–H groups in total. The molecular weight excluding hydrogens is 363 g/mol. The summed E-state index contributed by atoms with van der Waals surface area (Å²) in [4.78, 5) is 23.0. The van der Waals surface area contributed by atoms with Gasteiger partial charge in [0.25, 0.3) is 15.9 Å². The van der Waals surface area contributed by atoms with Crippen molar-refractivity contribution in [3.8, 4) is 0 Å². The van der Waals surface area contributed by atoms with Crippen LogP contribution in [0.15, 0.2) is 35.2 Å². The number of rotatable bonds is 2. The Morgan fingerprint density at radius 3 is 2.32 bits per heavy atom. The lowest BCUT2D eigenvalue weighted by atomic mass is 10.2. The first-order valence-electron chi connectivity index (χ1n) is 6.61. The van der Waals surface area contributed by atoms with Gasteiger partial charge in [-0.25, -0.2) is 31.1 Å². The maximum absolute atomic E-state index is 13.2. The molecule has 0 spiro atoms. The van der Waals surface area contributed by atoms with Gasteiger partial charge in [0, 0.05) is 23.4 Å². The van der Waals surface area contributed by atoms with E-state index in [4.69, 9.17) is 0 Å². The van der Waals surface area contributed by atoms with Crippen LogP contribution < -0.4 is 15.4 Å². The average Bonchev–Trinajstić information content (AvgIpc) is 2.51. The second-order valence-electron chi connectivity index (χ2n) is 4.98. The van der Waals surface area contributed by atoms with Crippen LogP contribution >= 0.6 is 0 Å². The Kier molecular flexibility index (Phi) is 3.87. The minimum atomic E-state index is -4.15. The molecule has 11 heteroatoms. The van der Waals surface area contributed by atoms with Crippen LogP contribution in [-0.4, -0.2) is 20.4 Å². The molecule has 3 amide bonds. The third-order valence-electron chi connectivity index (χ3n) is 3.25. The van der Waals surface area contributed by atoms with Crippen LogP contribution in [0.3, 0.4) is 0 Å². The van der Waals surface area contributed by atoms with Crippen molar-refractivity contribution < 1.29 is 31.2 Å². The number of amides is 3. The first kappa shape index (κ1) is 16.8. The summed E-state index contributed by atoms with van der Waals surface area (Å²) < 4.78 is 64.7. The van der Waals surface area contributed by atoms with Crippen molar-refractivity contribution in [2.45, 2.75) is 4.90 Å². The Balaban J connectivity index is 1.93. The van der Waals surface area contributed by atoms with Crippen molar-refractivity contribution in [3.05, 3.63) is 53.3 Å². The number of halogens is 3. The summed E-state index contributed by atoms with van der Waals surface area (Å²) in [5, 5.41) is 4.37. The highest BCUT2D eigenvalue weighted by molar-refractivity contribution is 7.90. The smallest absolute Gasteiger partial charge is 0.322 e. The molecule has 2 aromatic rings. The van der Waals surface area contributed by atoms with E-state index < -0.39 is 39.4 Å². The topological polar surface area (TPSA) is 104 Å². The highest BCUT2D eigenvalue weighted by Crippen LogP contribution is 2.26. The predicted octanol–water partition coefficient (Wildman–Crippen LogP) is 2.18. The van der Waals surface area contributed by atoms with Gasteiger partial charge in [-0.3, -0.25) is 4.79 Å². The van der Waals surface area contributed by atoms with Gasteiger partial charge in [-0.2, -0.15) is 0 Å². The Morgan fingerprint density at radius 2 is 1.68 bits per heavy atom. The van der Waals surface area contributed by atoms with E-state index >= 15 is 0 Å². The van der Waals surface area contributed by atoms with Gasteiger partial charge in [0.1, 0.15) is 4.90 Å². The van der Waals surface area contributed by atoms with E-state index in [1.54, 1.807) is 4.72 Å². The lowest BCUT2D eigenvalue weighted by Gasteiger charge is -2.18. The lowest BCUT2D eigenvalue weighted by molar-refractivity contribution is 0.102. The van der Waals surface area contributed by atoms with E-state index in [1.807, 2.05) is 0 Å². The summed E-state index contributed by atoms with van der Waals surface area (Å²) in [7, 11) is -4.15. The Labute approximate surface area is 138 Å². The fraction of sp³-hybridized carbons (Fsp3) is 0. The molecule has 0 radical (unpaired) electrons. The second kappa shape index (κ2) is 5.77. The number of anilines is 2. The molecule has 25 heavy (non-hydrogen) atoms. The van der Waals surface area contributed by atoms with Gasteiger partial charge in [-0.15, -0.1) is 0 Å². The van der Waals surface area contributed by atoms with Gasteiger partial charge in [0.2, 0.25) is 0 Å². The van der Waals surface area contributed by atoms with E-state index in [9.17, 15) is 31.2 Å². The van der Waals surface area contributed by atoms with Crippen LogP contribution in [0.2, 0.25) is 0 Å². The lowest BCUT2D eigenvalue weighted by Crippen LogP contribution is -2.39. The molecule has 3 rings (SSSR count). The van der Waals surface area contributed by atoms with Crippen LogP contribution in [0.4, 0.5) is 29.3 Å². The Morgan fingerprint density at radius 1 is 1.04 bits per heavy atom. The van der Waals surface area contributed by atoms with Crippen molar-refractivity contribution in [2.75, 3.05) is 10.6 Å². The number of nitrogens with one attached hydrogen (secondary N) is 3. The van der Waals surface area contributed by atoms with Crippen molar-refractivity contribution in [2.24, 2.45) is 0 Å². The van der Waals surface area contributed by atoms with Gasteiger partial charge in [0.05, 0.1) is 5.69 Å². The van der Waals surface area contributed by atoms with Gasteiger partial charge in [-0.1, -0.05) is 0 Å². The SMILES string of the molecule is O=C1Nc2ccc(C(=O)Nc3cc(F)c(F)c(F)c3)cc2S(=O)(=O)N1. The van der Waals surface area contributed by atoms with E-state index in [2.05, 4.69) is 10.6 Å². The van der Waals surface area contributed by atoms with Crippen molar-refractivity contribution in [1.29, 1.82) is 0 Å². The molecule has 0 saturated carbocycles. The zero-order valence-corrected chi connectivity index (χ0v) is 12.9. The van der Waals surface area contributed by atoms with Crippen LogP contribution in [0.5, 0.6) is 0 Å². The Hall–Kier alpha value is -3.08. The molecule has 0 saturated heterocycles. The molecule has 130 valence electrons. The van der Waals surface area contributed by atoms with Crippen LogP contribution in [0.25, 0.3) is 0 Å². The van der Waals surface area contributed by atoms with Crippen LogP contribution in [-0.2, 0) is 10.0 Å². The number of hydrogen-bond acceptors (Lipinski definition) is 4. The number of sulfonamides is 1. The third-order valence-corrected chi connectivity index (χ3v) is 4.62. The van der Waals surface area contributed by atoms with E-state index in [0.717, 1.165) is 6.07 Å². The highest BCUT2D eigenvalue weighted by Gasteiger charge is 2.28. The average molecular weight is 371 g/mol. The maximum atomic E-state index is 13.2. The normalized spacial score (nSPS) is 14.9. The number of urea groups is 1. The molecule has 1 heterocycles. The molecule has 7 nitrogen and oxygen atoms in total. The fourth-order valence-electron chi connectivity index (χ4n) is 2.14. The largest absolute Gasteiger partial charge is 0.333 e. The molecule has 1 aliphatic heterocycles. The first-order chi connectivity index (χ1) is 11.7.